The first-order valence-electron chi connectivity index (χ1n) is 16.0. The molecule has 0 aromatic heterocycles. The van der Waals surface area contributed by atoms with Gasteiger partial charge in [0.25, 0.3) is 0 Å². The van der Waals surface area contributed by atoms with Crippen LogP contribution in [0, 0.1) is 0 Å². The summed E-state index contributed by atoms with van der Waals surface area (Å²) in [5.41, 5.74) is 11.3. The third kappa shape index (κ3) is 7.09. The van der Waals surface area contributed by atoms with E-state index < -0.39 is 0 Å². The minimum absolute atomic E-state index is 0.0279. The van der Waals surface area contributed by atoms with E-state index >= 15 is 0 Å². The highest BCUT2D eigenvalue weighted by Gasteiger charge is 2.21. The maximum Gasteiger partial charge on any atom is 0.322 e. The molecule has 0 saturated carbocycles. The molecular weight excluding hydrogens is 521 g/mol. The molecule has 2 nitrogen and oxygen atoms in total. The van der Waals surface area contributed by atoms with Crippen LogP contribution in [-0.2, 0) is 10.8 Å². The van der Waals surface area contributed by atoms with Gasteiger partial charge in [-0.05, 0) is 96.5 Å². The van der Waals surface area contributed by atoms with E-state index in [9.17, 15) is 0 Å². The van der Waals surface area contributed by atoms with Gasteiger partial charge in [-0.15, -0.1) is 0 Å². The predicted molar refractivity (Wildman–Crippen MR) is 192 cm³/mol. The number of fused-ring (bicyclic) bond motifs is 1. The van der Waals surface area contributed by atoms with Gasteiger partial charge in [0, 0.05) is 11.8 Å². The van der Waals surface area contributed by atoms with Crippen molar-refractivity contribution in [3.63, 3.8) is 0 Å². The molecule has 0 aliphatic carbocycles. The summed E-state index contributed by atoms with van der Waals surface area (Å²) in [4.78, 5) is 5.22. The fourth-order valence-corrected chi connectivity index (χ4v) is 5.71. The van der Waals surface area contributed by atoms with Crippen molar-refractivity contribution in [1.82, 2.24) is 0 Å². The van der Waals surface area contributed by atoms with Crippen molar-refractivity contribution in [3.05, 3.63) is 94.0 Å². The molecule has 0 atom stereocenters. The lowest BCUT2D eigenvalue weighted by Crippen LogP contribution is -2.12. The fraction of sp³-hybridized carbons (Fsp3) is 0.425. The number of rotatable bonds is 7. The van der Waals surface area contributed by atoms with Gasteiger partial charge in [-0.1, -0.05) is 126 Å². The summed E-state index contributed by atoms with van der Waals surface area (Å²) in [7, 11) is 1.74. The van der Waals surface area contributed by atoms with Crippen LogP contribution in [0.15, 0.2) is 65.7 Å². The van der Waals surface area contributed by atoms with Crippen LogP contribution < -0.4 is 4.65 Å². The molecule has 4 rings (SSSR count). The molecule has 0 fully saturated rings. The SMILES string of the molecule is BOc1ccc(-c2cc(C(C)(C)C)cc3cc(C(C)(C)C)ccc23)cc1/C=N/c1c(C(C)C)cc(C(C)C)cc1C(C)C. The summed E-state index contributed by atoms with van der Waals surface area (Å²) in [5.74, 6) is 2.06. The van der Waals surface area contributed by atoms with Crippen molar-refractivity contribution in [2.45, 2.75) is 112 Å². The van der Waals surface area contributed by atoms with Crippen molar-refractivity contribution in [2.24, 2.45) is 4.99 Å². The van der Waals surface area contributed by atoms with Gasteiger partial charge in [-0.3, -0.25) is 4.99 Å². The van der Waals surface area contributed by atoms with Crippen LogP contribution >= 0.6 is 0 Å². The quantitative estimate of drug-likeness (QED) is 0.159. The molecule has 0 heterocycles. The molecule has 0 saturated heterocycles. The van der Waals surface area contributed by atoms with Gasteiger partial charge in [-0.25, -0.2) is 0 Å². The maximum atomic E-state index is 5.86. The number of hydrogen-bond donors (Lipinski definition) is 0. The molecule has 226 valence electrons. The molecule has 4 aromatic rings. The largest absolute Gasteiger partial charge is 0.567 e. The number of aliphatic imine (C=N–C) groups is 1. The second kappa shape index (κ2) is 12.3. The van der Waals surface area contributed by atoms with Crippen LogP contribution in [-0.4, -0.2) is 14.3 Å². The Bertz CT molecular complexity index is 1610. The molecule has 0 bridgehead atoms. The Morgan fingerprint density at radius 1 is 0.674 bits per heavy atom. The average Bonchev–Trinajstić information content (AvgIpc) is 2.93. The lowest BCUT2D eigenvalue weighted by molar-refractivity contribution is 0.589. The minimum atomic E-state index is 0.0279. The highest BCUT2D eigenvalue weighted by Crippen LogP contribution is 2.40. The van der Waals surface area contributed by atoms with Gasteiger partial charge < -0.3 is 4.65 Å². The summed E-state index contributed by atoms with van der Waals surface area (Å²) in [6.45, 7) is 27.3. The van der Waals surface area contributed by atoms with Gasteiger partial charge in [0.1, 0.15) is 5.75 Å². The Morgan fingerprint density at radius 3 is 1.77 bits per heavy atom. The van der Waals surface area contributed by atoms with E-state index in [1.165, 1.54) is 49.7 Å². The number of hydrogen-bond acceptors (Lipinski definition) is 2. The third-order valence-electron chi connectivity index (χ3n) is 8.66. The number of benzene rings is 4. The smallest absolute Gasteiger partial charge is 0.322 e. The minimum Gasteiger partial charge on any atom is -0.567 e. The second-order valence-electron chi connectivity index (χ2n) is 15.2. The van der Waals surface area contributed by atoms with Gasteiger partial charge in [0.15, 0.2) is 0 Å². The molecule has 0 spiro atoms. The molecule has 43 heavy (non-hydrogen) atoms. The highest BCUT2D eigenvalue weighted by atomic mass is 16.4. The van der Waals surface area contributed by atoms with Gasteiger partial charge in [0.2, 0.25) is 0 Å². The third-order valence-corrected chi connectivity index (χ3v) is 8.66. The Kier molecular flexibility index (Phi) is 9.36. The van der Waals surface area contributed by atoms with Crippen molar-refractivity contribution in [1.29, 1.82) is 0 Å². The first kappa shape index (κ1) is 32.6. The summed E-state index contributed by atoms with van der Waals surface area (Å²) in [5, 5.41) is 2.55. The molecule has 0 unspecified atom stereocenters. The topological polar surface area (TPSA) is 21.6 Å². The van der Waals surface area contributed by atoms with E-state index in [-0.39, 0.29) is 10.8 Å². The van der Waals surface area contributed by atoms with Crippen molar-refractivity contribution < 1.29 is 4.65 Å². The lowest BCUT2D eigenvalue weighted by atomic mass is 9.81. The van der Waals surface area contributed by atoms with Gasteiger partial charge >= 0.3 is 8.05 Å². The zero-order valence-corrected chi connectivity index (χ0v) is 28.9. The van der Waals surface area contributed by atoms with Crippen LogP contribution in [0.4, 0.5) is 5.69 Å². The molecular formula is C40H52BNO. The Hall–Kier alpha value is -3.33. The number of nitrogens with zero attached hydrogens (tertiary/aromatic N) is 1. The fourth-order valence-electron chi connectivity index (χ4n) is 5.71. The Morgan fingerprint density at radius 2 is 1.26 bits per heavy atom. The standard InChI is InChI=1S/C40H52BNO/c1-24(2)28-20-34(25(3)4)38(35(21-28)26(5)6)42-23-30-17-27(13-16-37(30)43-41)36-22-32(40(10,11)12)19-29-18-31(39(7,8)9)14-15-33(29)36/h13-26H,41H2,1-12H3/b42-23+. The van der Waals surface area contributed by atoms with Crippen molar-refractivity contribution in [2.75, 3.05) is 0 Å². The zero-order chi connectivity index (χ0) is 31.9. The molecule has 0 aliphatic heterocycles. The van der Waals surface area contributed by atoms with Crippen molar-refractivity contribution in [3.8, 4) is 16.9 Å². The molecule has 0 aliphatic rings. The summed E-state index contributed by atoms with van der Waals surface area (Å²) >= 11 is 0. The molecule has 0 amide bonds. The predicted octanol–water partition coefficient (Wildman–Crippen LogP) is 11.1. The molecule has 4 aromatic carbocycles. The maximum absolute atomic E-state index is 5.86. The van der Waals surface area contributed by atoms with Crippen LogP contribution in [0.2, 0.25) is 0 Å². The second-order valence-corrected chi connectivity index (χ2v) is 15.2. The van der Waals surface area contributed by atoms with Crippen LogP contribution in [0.1, 0.15) is 134 Å². The first-order chi connectivity index (χ1) is 20.0. The summed E-state index contributed by atoms with van der Waals surface area (Å²) in [6, 6.07) is 23.0. The van der Waals surface area contributed by atoms with E-state index in [1.54, 1.807) is 8.05 Å². The van der Waals surface area contributed by atoms with Gasteiger partial charge in [-0.2, -0.15) is 0 Å². The Balaban J connectivity index is 1.93. The first-order valence-corrected chi connectivity index (χ1v) is 16.0. The molecule has 0 N–H and O–H groups in total. The average molecular weight is 574 g/mol. The molecule has 3 heteroatoms. The summed E-state index contributed by atoms with van der Waals surface area (Å²) < 4.78 is 5.86. The van der Waals surface area contributed by atoms with Crippen LogP contribution in [0.3, 0.4) is 0 Å². The van der Waals surface area contributed by atoms with E-state index in [0.29, 0.717) is 17.8 Å². The zero-order valence-electron chi connectivity index (χ0n) is 28.9. The van der Waals surface area contributed by atoms with Crippen molar-refractivity contribution >= 4 is 30.7 Å². The lowest BCUT2D eigenvalue weighted by Gasteiger charge is -2.24. The summed E-state index contributed by atoms with van der Waals surface area (Å²) in [6.07, 6.45) is 2.01. The molecule has 0 radical (unpaired) electrons. The normalized spacial score (nSPS) is 12.8. The van der Waals surface area contributed by atoms with Gasteiger partial charge in [0.05, 0.1) is 5.69 Å². The monoisotopic (exact) mass is 573 g/mol. The van der Waals surface area contributed by atoms with Crippen LogP contribution in [0.25, 0.3) is 21.9 Å². The van der Waals surface area contributed by atoms with E-state index in [1.807, 2.05) is 6.21 Å². The van der Waals surface area contributed by atoms with E-state index in [0.717, 1.165) is 17.0 Å². The highest BCUT2D eigenvalue weighted by molar-refractivity contribution is 6.02. The van der Waals surface area contributed by atoms with Crippen LogP contribution in [0.5, 0.6) is 5.75 Å². The van der Waals surface area contributed by atoms with E-state index in [2.05, 4.69) is 144 Å². The van der Waals surface area contributed by atoms with E-state index in [4.69, 9.17) is 9.65 Å². The Labute approximate surface area is 262 Å².